The minimum absolute atomic E-state index is 0.0504. The molecular formula is C15H27N5O6. The van der Waals surface area contributed by atoms with Gasteiger partial charge in [-0.3, -0.25) is 24.0 Å². The van der Waals surface area contributed by atoms with Crippen molar-refractivity contribution in [2.24, 2.45) is 17.4 Å². The van der Waals surface area contributed by atoms with E-state index in [2.05, 4.69) is 16.0 Å². The molecule has 0 aliphatic rings. The molecule has 0 aliphatic heterocycles. The summed E-state index contributed by atoms with van der Waals surface area (Å²) >= 11 is 0. The van der Waals surface area contributed by atoms with Crippen LogP contribution >= 0.6 is 0 Å². The number of hydrogen-bond acceptors (Lipinski definition) is 6. The van der Waals surface area contributed by atoms with E-state index in [-0.39, 0.29) is 18.8 Å². The predicted octanol–water partition coefficient (Wildman–Crippen LogP) is -2.57. The molecule has 8 N–H and O–H groups in total. The van der Waals surface area contributed by atoms with Crippen LogP contribution in [-0.2, 0) is 24.0 Å². The van der Waals surface area contributed by atoms with Crippen LogP contribution in [0.25, 0.3) is 0 Å². The number of carboxylic acid groups (broad SMARTS) is 1. The summed E-state index contributed by atoms with van der Waals surface area (Å²) in [6.07, 6.45) is 0.297. The first-order chi connectivity index (χ1) is 12.0. The molecule has 0 aromatic rings. The lowest BCUT2D eigenvalue weighted by molar-refractivity contribution is -0.138. The summed E-state index contributed by atoms with van der Waals surface area (Å²) in [5.74, 6) is -3.61. The van der Waals surface area contributed by atoms with Crippen molar-refractivity contribution in [2.45, 2.75) is 45.2 Å². The van der Waals surface area contributed by atoms with Crippen LogP contribution in [0.15, 0.2) is 0 Å². The molecule has 0 spiro atoms. The van der Waals surface area contributed by atoms with Crippen LogP contribution in [-0.4, -0.2) is 59.9 Å². The summed E-state index contributed by atoms with van der Waals surface area (Å²) in [5, 5.41) is 15.4. The predicted molar refractivity (Wildman–Crippen MR) is 91.4 cm³/mol. The van der Waals surface area contributed by atoms with Crippen molar-refractivity contribution < 1.29 is 29.1 Å². The third-order valence-corrected chi connectivity index (χ3v) is 3.24. The van der Waals surface area contributed by atoms with E-state index < -0.39 is 54.8 Å². The second-order valence-electron chi connectivity index (χ2n) is 6.19. The topological polar surface area (TPSA) is 194 Å². The van der Waals surface area contributed by atoms with Crippen LogP contribution in [0.1, 0.15) is 33.1 Å². The van der Waals surface area contributed by atoms with Crippen molar-refractivity contribution in [3.8, 4) is 0 Å². The zero-order valence-electron chi connectivity index (χ0n) is 14.9. The molecule has 2 atom stereocenters. The number of nitrogens with two attached hydrogens (primary N) is 2. The molecule has 0 saturated carbocycles. The van der Waals surface area contributed by atoms with Crippen LogP contribution in [0.3, 0.4) is 0 Å². The Morgan fingerprint density at radius 2 is 1.62 bits per heavy atom. The van der Waals surface area contributed by atoms with Gasteiger partial charge in [-0.2, -0.15) is 0 Å². The van der Waals surface area contributed by atoms with Crippen LogP contribution < -0.4 is 27.4 Å². The highest BCUT2D eigenvalue weighted by Crippen LogP contribution is 2.06. The largest absolute Gasteiger partial charge is 0.480 e. The van der Waals surface area contributed by atoms with E-state index in [0.29, 0.717) is 6.42 Å². The second-order valence-corrected chi connectivity index (χ2v) is 6.19. The zero-order chi connectivity index (χ0) is 20.3. The average molecular weight is 373 g/mol. The highest BCUT2D eigenvalue weighted by Gasteiger charge is 2.25. The molecule has 11 heteroatoms. The molecule has 2 unspecified atom stereocenters. The van der Waals surface area contributed by atoms with Crippen LogP contribution in [0.2, 0.25) is 0 Å². The quantitative estimate of drug-likeness (QED) is 0.216. The summed E-state index contributed by atoms with van der Waals surface area (Å²) < 4.78 is 0. The maximum Gasteiger partial charge on any atom is 0.322 e. The van der Waals surface area contributed by atoms with Gasteiger partial charge in [0.05, 0.1) is 12.6 Å². The molecule has 0 heterocycles. The first-order valence-electron chi connectivity index (χ1n) is 8.13. The summed E-state index contributed by atoms with van der Waals surface area (Å²) in [6, 6.07) is -1.92. The van der Waals surface area contributed by atoms with Crippen LogP contribution in [0, 0.1) is 5.92 Å². The lowest BCUT2D eigenvalue weighted by Crippen LogP contribution is -2.53. The van der Waals surface area contributed by atoms with E-state index in [1.807, 2.05) is 13.8 Å². The van der Waals surface area contributed by atoms with Gasteiger partial charge in [-0.05, 0) is 18.8 Å². The first-order valence-corrected chi connectivity index (χ1v) is 8.13. The number of amides is 4. The highest BCUT2D eigenvalue weighted by atomic mass is 16.4. The Morgan fingerprint density at radius 1 is 1.00 bits per heavy atom. The molecule has 11 nitrogen and oxygen atoms in total. The molecule has 4 amide bonds. The number of carbonyl (C=O) groups is 5. The van der Waals surface area contributed by atoms with Crippen LogP contribution in [0.4, 0.5) is 0 Å². The third-order valence-electron chi connectivity index (χ3n) is 3.24. The molecule has 0 saturated heterocycles. The SMILES string of the molecule is CC(C)CC(NC(=O)C(N)CCC(N)=O)C(=O)NCC(=O)NCC(=O)O. The minimum atomic E-state index is -1.21. The van der Waals surface area contributed by atoms with Gasteiger partial charge in [-0.1, -0.05) is 13.8 Å². The molecular weight excluding hydrogens is 346 g/mol. The number of nitrogens with one attached hydrogen (secondary N) is 3. The molecule has 148 valence electrons. The van der Waals surface area contributed by atoms with E-state index in [4.69, 9.17) is 16.6 Å². The Bertz CT molecular complexity index is 537. The van der Waals surface area contributed by atoms with E-state index in [0.717, 1.165) is 0 Å². The summed E-state index contributed by atoms with van der Waals surface area (Å²) in [7, 11) is 0. The summed E-state index contributed by atoms with van der Waals surface area (Å²) in [5.41, 5.74) is 10.7. The molecule has 0 aliphatic carbocycles. The van der Waals surface area contributed by atoms with Gasteiger partial charge in [-0.15, -0.1) is 0 Å². The van der Waals surface area contributed by atoms with Gasteiger partial charge in [0.2, 0.25) is 23.6 Å². The highest BCUT2D eigenvalue weighted by molar-refractivity contribution is 5.92. The van der Waals surface area contributed by atoms with Gasteiger partial charge in [0, 0.05) is 6.42 Å². The van der Waals surface area contributed by atoms with E-state index >= 15 is 0 Å². The van der Waals surface area contributed by atoms with Gasteiger partial charge < -0.3 is 32.5 Å². The zero-order valence-corrected chi connectivity index (χ0v) is 14.9. The van der Waals surface area contributed by atoms with E-state index in [9.17, 15) is 24.0 Å². The average Bonchev–Trinajstić information content (AvgIpc) is 2.54. The van der Waals surface area contributed by atoms with Gasteiger partial charge >= 0.3 is 5.97 Å². The Labute approximate surface area is 151 Å². The van der Waals surface area contributed by atoms with Crippen molar-refractivity contribution in [1.82, 2.24) is 16.0 Å². The Hall–Kier alpha value is -2.69. The lowest BCUT2D eigenvalue weighted by Gasteiger charge is -2.22. The minimum Gasteiger partial charge on any atom is -0.480 e. The Morgan fingerprint density at radius 3 is 2.12 bits per heavy atom. The van der Waals surface area contributed by atoms with Crippen molar-refractivity contribution >= 4 is 29.6 Å². The molecule has 0 rings (SSSR count). The maximum absolute atomic E-state index is 12.2. The molecule has 0 fully saturated rings. The number of carboxylic acids is 1. The smallest absolute Gasteiger partial charge is 0.322 e. The van der Waals surface area contributed by atoms with E-state index in [1.165, 1.54) is 0 Å². The summed E-state index contributed by atoms with van der Waals surface area (Å²) in [4.78, 5) is 56.8. The van der Waals surface area contributed by atoms with Gasteiger partial charge in [0.25, 0.3) is 0 Å². The number of carbonyl (C=O) groups excluding carboxylic acids is 4. The monoisotopic (exact) mass is 373 g/mol. The van der Waals surface area contributed by atoms with Gasteiger partial charge in [-0.25, -0.2) is 0 Å². The fourth-order valence-electron chi connectivity index (χ4n) is 1.94. The number of aliphatic carboxylic acids is 1. The molecule has 0 aromatic heterocycles. The van der Waals surface area contributed by atoms with Gasteiger partial charge in [0.1, 0.15) is 12.6 Å². The fourth-order valence-corrected chi connectivity index (χ4v) is 1.94. The Kier molecular flexibility index (Phi) is 10.6. The second kappa shape index (κ2) is 11.8. The Balaban J connectivity index is 4.63. The van der Waals surface area contributed by atoms with Crippen molar-refractivity contribution in [2.75, 3.05) is 13.1 Å². The maximum atomic E-state index is 12.2. The third kappa shape index (κ3) is 11.0. The van der Waals surface area contributed by atoms with Crippen molar-refractivity contribution in [3.63, 3.8) is 0 Å². The number of hydrogen-bond donors (Lipinski definition) is 6. The van der Waals surface area contributed by atoms with Gasteiger partial charge in [0.15, 0.2) is 0 Å². The fraction of sp³-hybridized carbons (Fsp3) is 0.667. The van der Waals surface area contributed by atoms with Crippen LogP contribution in [0.5, 0.6) is 0 Å². The van der Waals surface area contributed by atoms with E-state index in [1.54, 1.807) is 0 Å². The molecule has 0 aromatic carbocycles. The van der Waals surface area contributed by atoms with Crippen molar-refractivity contribution in [3.05, 3.63) is 0 Å². The first kappa shape index (κ1) is 23.3. The normalized spacial score (nSPS) is 12.8. The molecule has 0 bridgehead atoms. The lowest BCUT2D eigenvalue weighted by atomic mass is 10.0. The standard InChI is InChI=1S/C15H27N5O6/c1-8(2)5-10(20-14(25)9(16)3-4-11(17)21)15(26)19-6-12(22)18-7-13(23)24/h8-10H,3-7,16H2,1-2H3,(H2,17,21)(H,18,22)(H,19,26)(H,20,25)(H,23,24). The number of primary amides is 1. The number of rotatable bonds is 12. The molecule has 0 radical (unpaired) electrons. The summed E-state index contributed by atoms with van der Waals surface area (Å²) in [6.45, 7) is 2.71. The van der Waals surface area contributed by atoms with Crippen molar-refractivity contribution in [1.29, 1.82) is 0 Å². The molecule has 26 heavy (non-hydrogen) atoms.